The van der Waals surface area contributed by atoms with Crippen LogP contribution in [0.4, 0.5) is 21.8 Å². The number of aromatic nitrogens is 4. The molecule has 152 valence electrons. The third kappa shape index (κ3) is 3.39. The van der Waals surface area contributed by atoms with Gasteiger partial charge in [-0.2, -0.15) is 15.1 Å². The number of H-pyrrole nitrogens is 1. The first-order chi connectivity index (χ1) is 14.6. The summed E-state index contributed by atoms with van der Waals surface area (Å²) in [5, 5.41) is 11.5. The number of anilines is 3. The minimum Gasteiger partial charge on any atom is -0.368 e. The molecule has 2 aromatic carbocycles. The summed E-state index contributed by atoms with van der Waals surface area (Å²) < 4.78 is 14.4. The Kier molecular flexibility index (Phi) is 4.63. The molecule has 0 spiro atoms. The predicted molar refractivity (Wildman–Crippen MR) is 116 cm³/mol. The van der Waals surface area contributed by atoms with E-state index in [-0.39, 0.29) is 17.8 Å². The normalized spacial score (nSPS) is 15.9. The van der Waals surface area contributed by atoms with E-state index >= 15 is 0 Å². The highest BCUT2D eigenvalue weighted by atomic mass is 35.5. The minimum absolute atomic E-state index is 0.0258. The van der Waals surface area contributed by atoms with E-state index in [2.05, 4.69) is 42.5 Å². The molecule has 30 heavy (non-hydrogen) atoms. The SMILES string of the molecule is Nc1nc(NC2Cc3ccccc3N(Cc3c(F)cccc3Cl)C2)c2cn[nH]c2n1. The second-order valence-electron chi connectivity index (χ2n) is 7.32. The van der Waals surface area contributed by atoms with Gasteiger partial charge >= 0.3 is 0 Å². The number of rotatable bonds is 4. The van der Waals surface area contributed by atoms with Crippen LogP contribution >= 0.6 is 11.6 Å². The number of halogens is 2. The van der Waals surface area contributed by atoms with E-state index in [1.54, 1.807) is 18.3 Å². The van der Waals surface area contributed by atoms with Crippen LogP contribution in [0.2, 0.25) is 5.02 Å². The van der Waals surface area contributed by atoms with E-state index in [9.17, 15) is 4.39 Å². The summed E-state index contributed by atoms with van der Waals surface area (Å²) >= 11 is 6.29. The highest BCUT2D eigenvalue weighted by Gasteiger charge is 2.26. The van der Waals surface area contributed by atoms with Crippen molar-refractivity contribution in [2.45, 2.75) is 19.0 Å². The van der Waals surface area contributed by atoms with Crippen LogP contribution in [0.25, 0.3) is 11.0 Å². The van der Waals surface area contributed by atoms with Crippen molar-refractivity contribution in [2.24, 2.45) is 0 Å². The first-order valence-electron chi connectivity index (χ1n) is 9.57. The number of para-hydroxylation sites is 1. The molecule has 2 aromatic heterocycles. The summed E-state index contributed by atoms with van der Waals surface area (Å²) in [5.74, 6) is 0.485. The van der Waals surface area contributed by atoms with Gasteiger partial charge < -0.3 is 16.0 Å². The van der Waals surface area contributed by atoms with Gasteiger partial charge in [0, 0.05) is 35.4 Å². The Labute approximate surface area is 177 Å². The van der Waals surface area contributed by atoms with Crippen molar-refractivity contribution in [1.29, 1.82) is 0 Å². The average molecular weight is 424 g/mol. The fourth-order valence-electron chi connectivity index (χ4n) is 3.96. The summed E-state index contributed by atoms with van der Waals surface area (Å²) in [6.07, 6.45) is 2.46. The lowest BCUT2D eigenvalue weighted by Crippen LogP contribution is -2.42. The quantitative estimate of drug-likeness (QED) is 0.462. The average Bonchev–Trinajstić information content (AvgIpc) is 3.19. The lowest BCUT2D eigenvalue weighted by atomic mass is 9.97. The molecule has 4 N–H and O–H groups in total. The van der Waals surface area contributed by atoms with E-state index in [0.717, 1.165) is 17.5 Å². The van der Waals surface area contributed by atoms with Crippen LogP contribution in [0.1, 0.15) is 11.1 Å². The standard InChI is InChI=1S/C21H19ClFN7/c22-16-5-3-6-17(23)15(16)11-30-10-13(8-12-4-1-2-7-18(12)30)26-19-14-9-25-29-20(14)28-21(24)27-19/h1-7,9,13H,8,10-11H2,(H4,24,25,26,27,28,29). The Morgan fingerprint density at radius 1 is 1.20 bits per heavy atom. The van der Waals surface area contributed by atoms with E-state index in [1.807, 2.05) is 12.1 Å². The molecule has 0 saturated carbocycles. The van der Waals surface area contributed by atoms with Crippen molar-refractivity contribution in [1.82, 2.24) is 20.2 Å². The summed E-state index contributed by atoms with van der Waals surface area (Å²) in [6.45, 7) is 1.01. The van der Waals surface area contributed by atoms with Crippen molar-refractivity contribution >= 4 is 40.1 Å². The fourth-order valence-corrected chi connectivity index (χ4v) is 4.19. The number of nitrogens with zero attached hydrogens (tertiary/aromatic N) is 4. The molecular weight excluding hydrogens is 405 g/mol. The number of benzene rings is 2. The van der Waals surface area contributed by atoms with Gasteiger partial charge in [0.1, 0.15) is 11.6 Å². The highest BCUT2D eigenvalue weighted by molar-refractivity contribution is 6.31. The lowest BCUT2D eigenvalue weighted by Gasteiger charge is -2.37. The maximum Gasteiger partial charge on any atom is 0.224 e. The second-order valence-corrected chi connectivity index (χ2v) is 7.72. The maximum atomic E-state index is 14.4. The zero-order valence-electron chi connectivity index (χ0n) is 15.9. The van der Waals surface area contributed by atoms with E-state index in [4.69, 9.17) is 17.3 Å². The second kappa shape index (κ2) is 7.46. The largest absolute Gasteiger partial charge is 0.368 e. The molecule has 0 amide bonds. The summed E-state index contributed by atoms with van der Waals surface area (Å²) in [6, 6.07) is 12.9. The number of aromatic amines is 1. The molecule has 9 heteroatoms. The molecule has 0 bridgehead atoms. The van der Waals surface area contributed by atoms with Gasteiger partial charge in [0.2, 0.25) is 5.95 Å². The Morgan fingerprint density at radius 2 is 2.07 bits per heavy atom. The Hall–Kier alpha value is -3.39. The third-order valence-corrected chi connectivity index (χ3v) is 5.67. The van der Waals surface area contributed by atoms with Crippen molar-refractivity contribution < 1.29 is 4.39 Å². The molecule has 3 heterocycles. The predicted octanol–water partition coefficient (Wildman–Crippen LogP) is 3.77. The molecular formula is C21H19ClFN7. The van der Waals surface area contributed by atoms with Crippen LogP contribution in [-0.4, -0.2) is 32.8 Å². The third-order valence-electron chi connectivity index (χ3n) is 5.32. The number of nitrogens with two attached hydrogens (primary N) is 1. The Bertz CT molecular complexity index is 1200. The van der Waals surface area contributed by atoms with E-state index in [1.165, 1.54) is 11.6 Å². The number of nitrogens with one attached hydrogen (secondary N) is 2. The van der Waals surface area contributed by atoms with E-state index < -0.39 is 0 Å². The molecule has 0 aliphatic carbocycles. The molecule has 0 radical (unpaired) electrons. The minimum atomic E-state index is -0.307. The van der Waals surface area contributed by atoms with Gasteiger partial charge in [-0.1, -0.05) is 35.9 Å². The number of hydrogen-bond acceptors (Lipinski definition) is 6. The zero-order valence-corrected chi connectivity index (χ0v) is 16.7. The first-order valence-corrected chi connectivity index (χ1v) is 9.95. The molecule has 1 aliphatic rings. The van der Waals surface area contributed by atoms with Crippen LogP contribution in [0.3, 0.4) is 0 Å². The number of hydrogen-bond donors (Lipinski definition) is 3. The monoisotopic (exact) mass is 423 g/mol. The van der Waals surface area contributed by atoms with Crippen LogP contribution in [0.15, 0.2) is 48.7 Å². The molecule has 1 aliphatic heterocycles. The fraction of sp³-hybridized carbons (Fsp3) is 0.190. The molecule has 1 unspecified atom stereocenters. The topological polar surface area (TPSA) is 95.7 Å². The van der Waals surface area contributed by atoms with Crippen molar-refractivity contribution in [3.63, 3.8) is 0 Å². The van der Waals surface area contributed by atoms with Gasteiger partial charge in [0.25, 0.3) is 0 Å². The Morgan fingerprint density at radius 3 is 2.93 bits per heavy atom. The first kappa shape index (κ1) is 18.6. The molecule has 4 aromatic rings. The molecule has 5 rings (SSSR count). The molecule has 7 nitrogen and oxygen atoms in total. The summed E-state index contributed by atoms with van der Waals surface area (Å²) in [4.78, 5) is 10.7. The smallest absolute Gasteiger partial charge is 0.224 e. The van der Waals surface area contributed by atoms with Gasteiger partial charge in [-0.25, -0.2) is 4.39 Å². The number of nitrogen functional groups attached to an aromatic ring is 1. The van der Waals surface area contributed by atoms with Gasteiger partial charge in [0.05, 0.1) is 11.6 Å². The van der Waals surface area contributed by atoms with Crippen molar-refractivity contribution in [3.05, 3.63) is 70.6 Å². The maximum absolute atomic E-state index is 14.4. The zero-order chi connectivity index (χ0) is 20.7. The highest BCUT2D eigenvalue weighted by Crippen LogP contribution is 2.32. The Balaban J connectivity index is 1.48. The van der Waals surface area contributed by atoms with Crippen LogP contribution < -0.4 is 16.0 Å². The van der Waals surface area contributed by atoms with E-state index in [0.29, 0.717) is 35.1 Å². The van der Waals surface area contributed by atoms with Crippen LogP contribution in [0, 0.1) is 5.82 Å². The van der Waals surface area contributed by atoms with Crippen molar-refractivity contribution in [3.8, 4) is 0 Å². The van der Waals surface area contributed by atoms with Crippen LogP contribution in [0.5, 0.6) is 0 Å². The lowest BCUT2D eigenvalue weighted by molar-refractivity contribution is 0.586. The number of fused-ring (bicyclic) bond motifs is 2. The molecule has 0 fully saturated rings. The van der Waals surface area contributed by atoms with Gasteiger partial charge in [-0.05, 0) is 30.2 Å². The van der Waals surface area contributed by atoms with Crippen LogP contribution in [-0.2, 0) is 13.0 Å². The van der Waals surface area contributed by atoms with Crippen molar-refractivity contribution in [2.75, 3.05) is 22.5 Å². The van der Waals surface area contributed by atoms with Gasteiger partial charge in [0.15, 0.2) is 5.65 Å². The molecule has 0 saturated heterocycles. The summed E-state index contributed by atoms with van der Waals surface area (Å²) in [7, 11) is 0. The van der Waals surface area contributed by atoms with Gasteiger partial charge in [-0.3, -0.25) is 5.10 Å². The van der Waals surface area contributed by atoms with Gasteiger partial charge in [-0.15, -0.1) is 0 Å². The molecule has 1 atom stereocenters. The summed E-state index contributed by atoms with van der Waals surface area (Å²) in [5.41, 5.74) is 9.16.